The fourth-order valence-corrected chi connectivity index (χ4v) is 2.45. The minimum atomic E-state index is 0.170. The van der Waals surface area contributed by atoms with Crippen LogP contribution in [0.1, 0.15) is 11.5 Å². The number of rotatable bonds is 5. The highest BCUT2D eigenvalue weighted by Crippen LogP contribution is 2.25. The van der Waals surface area contributed by atoms with E-state index in [1.165, 1.54) is 0 Å². The molecule has 0 amide bonds. The van der Waals surface area contributed by atoms with E-state index in [9.17, 15) is 0 Å². The van der Waals surface area contributed by atoms with Crippen LogP contribution >= 0.6 is 0 Å². The van der Waals surface area contributed by atoms with Crippen molar-refractivity contribution in [1.82, 2.24) is 19.9 Å². The number of hydrogen-bond acceptors (Lipinski definition) is 7. The van der Waals surface area contributed by atoms with Gasteiger partial charge in [0.1, 0.15) is 17.0 Å². The molecule has 23 heavy (non-hydrogen) atoms. The summed E-state index contributed by atoms with van der Waals surface area (Å²) in [5.74, 6) is 2.43. The summed E-state index contributed by atoms with van der Waals surface area (Å²) in [6.07, 6.45) is 4.85. The molecule has 116 valence electrons. The van der Waals surface area contributed by atoms with E-state index in [0.717, 1.165) is 17.0 Å². The van der Waals surface area contributed by atoms with Gasteiger partial charge in [0.15, 0.2) is 11.5 Å². The van der Waals surface area contributed by atoms with Crippen molar-refractivity contribution in [3.8, 4) is 0 Å². The Morgan fingerprint density at radius 2 is 1.74 bits per heavy atom. The molecule has 0 saturated carbocycles. The minimum Gasteiger partial charge on any atom is -0.467 e. The van der Waals surface area contributed by atoms with Crippen LogP contribution in [0.15, 0.2) is 52.0 Å². The molecule has 0 saturated heterocycles. The highest BCUT2D eigenvalue weighted by Gasteiger charge is 2.18. The summed E-state index contributed by atoms with van der Waals surface area (Å²) in [7, 11) is 0. The Labute approximate surface area is 131 Å². The molecule has 8 heteroatoms. The molecular weight excluding hydrogens is 296 g/mol. The van der Waals surface area contributed by atoms with Gasteiger partial charge in [-0.05, 0) is 24.3 Å². The van der Waals surface area contributed by atoms with Gasteiger partial charge in [-0.15, -0.1) is 0 Å². The third-order valence-corrected chi connectivity index (χ3v) is 3.44. The van der Waals surface area contributed by atoms with Crippen LogP contribution in [0.5, 0.6) is 0 Å². The van der Waals surface area contributed by atoms with Gasteiger partial charge >= 0.3 is 0 Å². The minimum absolute atomic E-state index is 0.170. The molecule has 0 unspecified atom stereocenters. The van der Waals surface area contributed by atoms with Crippen LogP contribution in [-0.4, -0.2) is 19.9 Å². The Morgan fingerprint density at radius 3 is 2.35 bits per heavy atom. The van der Waals surface area contributed by atoms with Crippen molar-refractivity contribution in [2.75, 3.05) is 10.6 Å². The summed E-state index contributed by atoms with van der Waals surface area (Å²) in [5, 5.41) is 0. The first-order chi connectivity index (χ1) is 11.3. The Kier molecular flexibility index (Phi) is 3.19. The number of hydrogen-bond donors (Lipinski definition) is 2. The molecule has 0 aliphatic carbocycles. The van der Waals surface area contributed by atoms with Crippen LogP contribution in [0.4, 0.5) is 11.8 Å². The number of H-pyrrole nitrogens is 1. The maximum absolute atomic E-state index is 5.82. The van der Waals surface area contributed by atoms with Crippen LogP contribution in [0.3, 0.4) is 0 Å². The maximum Gasteiger partial charge on any atom is 0.224 e. The van der Waals surface area contributed by atoms with E-state index >= 15 is 0 Å². The van der Waals surface area contributed by atoms with Crippen LogP contribution in [-0.2, 0) is 13.1 Å². The first kappa shape index (κ1) is 13.4. The third-order valence-electron chi connectivity index (χ3n) is 3.44. The van der Waals surface area contributed by atoms with Crippen molar-refractivity contribution in [1.29, 1.82) is 0 Å². The zero-order valence-electron chi connectivity index (χ0n) is 12.1. The van der Waals surface area contributed by atoms with Crippen LogP contribution in [0, 0.1) is 0 Å². The molecule has 0 aliphatic heterocycles. The molecule has 0 spiro atoms. The van der Waals surface area contributed by atoms with Gasteiger partial charge in [-0.2, -0.15) is 9.97 Å². The molecule has 0 aliphatic rings. The Balaban J connectivity index is 1.77. The predicted octanol–water partition coefficient (Wildman–Crippen LogP) is 2.33. The predicted molar refractivity (Wildman–Crippen MR) is 83.4 cm³/mol. The van der Waals surface area contributed by atoms with E-state index in [4.69, 9.17) is 14.6 Å². The summed E-state index contributed by atoms with van der Waals surface area (Å²) < 4.78 is 10.9. The summed E-state index contributed by atoms with van der Waals surface area (Å²) in [4.78, 5) is 17.7. The summed E-state index contributed by atoms with van der Waals surface area (Å²) in [6.45, 7) is 1.02. The average molecular weight is 310 g/mol. The molecule has 0 bridgehead atoms. The first-order valence-electron chi connectivity index (χ1n) is 7.06. The van der Waals surface area contributed by atoms with Gasteiger partial charge in [-0.3, -0.25) is 0 Å². The van der Waals surface area contributed by atoms with Crippen molar-refractivity contribution in [3.05, 3.63) is 54.6 Å². The van der Waals surface area contributed by atoms with Crippen LogP contribution in [0.25, 0.3) is 11.2 Å². The zero-order valence-corrected chi connectivity index (χ0v) is 12.1. The largest absolute Gasteiger partial charge is 0.467 e. The molecule has 0 fully saturated rings. The number of nitrogen functional groups attached to an aromatic ring is 1. The van der Waals surface area contributed by atoms with Gasteiger partial charge < -0.3 is 24.5 Å². The highest BCUT2D eigenvalue weighted by atomic mass is 16.3. The molecule has 4 aromatic heterocycles. The molecular formula is C15H14N6O2. The molecule has 3 N–H and O–H groups in total. The summed E-state index contributed by atoms with van der Waals surface area (Å²) in [6, 6.07) is 7.51. The van der Waals surface area contributed by atoms with Gasteiger partial charge in [0.25, 0.3) is 0 Å². The number of anilines is 2. The molecule has 4 aromatic rings. The van der Waals surface area contributed by atoms with E-state index in [1.807, 2.05) is 29.2 Å². The average Bonchev–Trinajstić information content (AvgIpc) is 3.28. The van der Waals surface area contributed by atoms with Crippen molar-refractivity contribution in [3.63, 3.8) is 0 Å². The first-order valence-corrected chi connectivity index (χ1v) is 7.06. The topological polar surface area (TPSA) is 110 Å². The molecule has 0 atom stereocenters. The second kappa shape index (κ2) is 5.48. The molecule has 4 rings (SSSR count). The van der Waals surface area contributed by atoms with Crippen molar-refractivity contribution < 1.29 is 8.83 Å². The van der Waals surface area contributed by atoms with Crippen molar-refractivity contribution in [2.24, 2.45) is 0 Å². The highest BCUT2D eigenvalue weighted by molar-refractivity contribution is 5.84. The van der Waals surface area contributed by atoms with E-state index in [1.54, 1.807) is 18.9 Å². The standard InChI is InChI=1S/C15H14N6O2/c16-15-19-13-12(17-9-18-13)14(20-15)21(7-10-3-1-5-22-10)8-11-4-2-6-23-11/h1-6,9H,7-8H2,(H3,16,17,18,19,20). The smallest absolute Gasteiger partial charge is 0.224 e. The van der Waals surface area contributed by atoms with E-state index < -0.39 is 0 Å². The van der Waals surface area contributed by atoms with E-state index in [2.05, 4.69) is 19.9 Å². The van der Waals surface area contributed by atoms with Crippen LogP contribution in [0.2, 0.25) is 0 Å². The number of furan rings is 2. The van der Waals surface area contributed by atoms with E-state index in [0.29, 0.717) is 24.6 Å². The van der Waals surface area contributed by atoms with Gasteiger partial charge in [-0.1, -0.05) is 0 Å². The number of nitrogens with two attached hydrogens (primary N) is 1. The van der Waals surface area contributed by atoms with Gasteiger partial charge in [-0.25, -0.2) is 4.98 Å². The molecule has 0 aromatic carbocycles. The lowest BCUT2D eigenvalue weighted by Crippen LogP contribution is -2.23. The van der Waals surface area contributed by atoms with Crippen LogP contribution < -0.4 is 10.6 Å². The second-order valence-corrected chi connectivity index (χ2v) is 5.02. The van der Waals surface area contributed by atoms with E-state index in [-0.39, 0.29) is 5.95 Å². The van der Waals surface area contributed by atoms with Crippen molar-refractivity contribution >= 4 is 22.9 Å². The van der Waals surface area contributed by atoms with Crippen molar-refractivity contribution in [2.45, 2.75) is 13.1 Å². The number of aromatic nitrogens is 4. The zero-order chi connectivity index (χ0) is 15.6. The number of imidazole rings is 1. The lowest BCUT2D eigenvalue weighted by molar-refractivity contribution is 0.476. The molecule has 4 heterocycles. The second-order valence-electron chi connectivity index (χ2n) is 5.02. The number of nitrogens with zero attached hydrogens (tertiary/aromatic N) is 4. The number of fused-ring (bicyclic) bond motifs is 1. The Morgan fingerprint density at radius 1 is 1.04 bits per heavy atom. The fourth-order valence-electron chi connectivity index (χ4n) is 2.45. The normalized spacial score (nSPS) is 11.1. The van der Waals surface area contributed by atoms with Gasteiger partial charge in [0.05, 0.1) is 31.9 Å². The lowest BCUT2D eigenvalue weighted by Gasteiger charge is -2.22. The fraction of sp³-hybridized carbons (Fsp3) is 0.133. The maximum atomic E-state index is 5.82. The number of aromatic amines is 1. The quantitative estimate of drug-likeness (QED) is 0.582. The summed E-state index contributed by atoms with van der Waals surface area (Å²) in [5.41, 5.74) is 7.06. The molecule has 8 nitrogen and oxygen atoms in total. The third kappa shape index (κ3) is 2.61. The monoisotopic (exact) mass is 310 g/mol. The lowest BCUT2D eigenvalue weighted by atomic mass is 10.3. The van der Waals surface area contributed by atoms with Gasteiger partial charge in [0.2, 0.25) is 5.95 Å². The SMILES string of the molecule is Nc1nc(N(Cc2ccco2)Cc2ccco2)c2[nH]cnc2n1. The Hall–Kier alpha value is -3.29. The molecule has 0 radical (unpaired) electrons. The Bertz CT molecular complexity index is 861. The number of nitrogens with one attached hydrogen (secondary N) is 1. The summed E-state index contributed by atoms with van der Waals surface area (Å²) >= 11 is 0. The van der Waals surface area contributed by atoms with Gasteiger partial charge in [0, 0.05) is 0 Å².